The van der Waals surface area contributed by atoms with Crippen molar-refractivity contribution in [1.82, 2.24) is 10.2 Å². The first-order valence-electron chi connectivity index (χ1n) is 5.90. The minimum absolute atomic E-state index is 0.124. The predicted octanol–water partition coefficient (Wildman–Crippen LogP) is 2.41. The largest absolute Gasteiger partial charge is 0.331 e. The number of rotatable bonds is 1. The third-order valence-electron chi connectivity index (χ3n) is 3.23. The van der Waals surface area contributed by atoms with Crippen molar-refractivity contribution in [3.05, 3.63) is 34.1 Å². The number of benzene rings is 1. The molecule has 18 heavy (non-hydrogen) atoms. The fourth-order valence-electron chi connectivity index (χ4n) is 2.17. The summed E-state index contributed by atoms with van der Waals surface area (Å²) in [5, 5.41) is 3.24. The molecule has 1 heterocycles. The monoisotopic (exact) mass is 314 g/mol. The molecule has 5 heteroatoms. The molecule has 1 amide bonds. The summed E-state index contributed by atoms with van der Waals surface area (Å²) < 4.78 is 14.3. The van der Waals surface area contributed by atoms with Crippen LogP contribution in [0.15, 0.2) is 22.7 Å². The Hall–Kier alpha value is -0.940. The average Bonchev–Trinajstić information content (AvgIpc) is 2.31. The second kappa shape index (κ2) is 4.97. The van der Waals surface area contributed by atoms with Crippen LogP contribution in [-0.2, 0) is 0 Å². The van der Waals surface area contributed by atoms with Crippen LogP contribution in [0.3, 0.4) is 0 Å². The maximum atomic E-state index is 13.9. The van der Waals surface area contributed by atoms with Crippen molar-refractivity contribution < 1.29 is 9.18 Å². The van der Waals surface area contributed by atoms with Crippen molar-refractivity contribution in [3.63, 3.8) is 0 Å². The lowest BCUT2D eigenvalue weighted by Gasteiger charge is -2.42. The molecule has 1 N–H and O–H groups in total. The summed E-state index contributed by atoms with van der Waals surface area (Å²) in [5.74, 6) is -0.739. The van der Waals surface area contributed by atoms with Crippen molar-refractivity contribution in [2.75, 3.05) is 19.6 Å². The van der Waals surface area contributed by atoms with Crippen molar-refractivity contribution in [2.24, 2.45) is 0 Å². The van der Waals surface area contributed by atoms with Gasteiger partial charge >= 0.3 is 0 Å². The predicted molar refractivity (Wildman–Crippen MR) is 72.1 cm³/mol. The first kappa shape index (κ1) is 13.5. The molecule has 0 aromatic heterocycles. The molecular weight excluding hydrogens is 299 g/mol. The zero-order valence-electron chi connectivity index (χ0n) is 10.5. The Bertz CT molecular complexity index is 476. The molecule has 1 fully saturated rings. The molecule has 0 spiro atoms. The Morgan fingerprint density at radius 1 is 1.50 bits per heavy atom. The van der Waals surface area contributed by atoms with E-state index < -0.39 is 5.82 Å². The van der Waals surface area contributed by atoms with Gasteiger partial charge in [0, 0.05) is 19.6 Å². The molecule has 3 nitrogen and oxygen atoms in total. The molecule has 0 saturated carbocycles. The molecule has 0 radical (unpaired) electrons. The number of piperazine rings is 1. The highest BCUT2D eigenvalue weighted by molar-refractivity contribution is 9.10. The van der Waals surface area contributed by atoms with Gasteiger partial charge in [-0.15, -0.1) is 0 Å². The first-order valence-corrected chi connectivity index (χ1v) is 6.69. The Kier molecular flexibility index (Phi) is 3.73. The van der Waals surface area contributed by atoms with Crippen molar-refractivity contribution in [2.45, 2.75) is 19.4 Å². The van der Waals surface area contributed by atoms with Gasteiger partial charge in [0.1, 0.15) is 5.82 Å². The highest BCUT2D eigenvalue weighted by Crippen LogP contribution is 2.24. The zero-order chi connectivity index (χ0) is 13.3. The van der Waals surface area contributed by atoms with E-state index in [1.54, 1.807) is 17.0 Å². The van der Waals surface area contributed by atoms with E-state index in [-0.39, 0.29) is 17.0 Å². The summed E-state index contributed by atoms with van der Waals surface area (Å²) in [6, 6.07) is 4.80. The lowest BCUT2D eigenvalue weighted by Crippen LogP contribution is -2.59. The van der Waals surface area contributed by atoms with Crippen molar-refractivity contribution >= 4 is 21.8 Å². The fraction of sp³-hybridized carbons (Fsp3) is 0.462. The maximum Gasteiger partial charge on any atom is 0.257 e. The number of halogens is 2. The van der Waals surface area contributed by atoms with E-state index >= 15 is 0 Å². The van der Waals surface area contributed by atoms with E-state index in [9.17, 15) is 9.18 Å². The Labute approximate surface area is 114 Å². The average molecular weight is 315 g/mol. The van der Waals surface area contributed by atoms with E-state index in [1.807, 2.05) is 13.8 Å². The third kappa shape index (κ3) is 2.42. The Morgan fingerprint density at radius 2 is 2.22 bits per heavy atom. The minimum Gasteiger partial charge on any atom is -0.331 e. The van der Waals surface area contributed by atoms with Crippen LogP contribution in [0.4, 0.5) is 4.39 Å². The second-order valence-electron chi connectivity index (χ2n) is 5.05. The van der Waals surface area contributed by atoms with Crippen LogP contribution in [-0.4, -0.2) is 36.0 Å². The molecule has 1 aromatic rings. The van der Waals surface area contributed by atoms with Gasteiger partial charge in [0.15, 0.2) is 0 Å². The van der Waals surface area contributed by atoms with Crippen LogP contribution >= 0.6 is 15.9 Å². The molecular formula is C13H16BrFN2O. The minimum atomic E-state index is -0.489. The quantitative estimate of drug-likeness (QED) is 0.863. The number of nitrogens with zero attached hydrogens (tertiary/aromatic N) is 1. The summed E-state index contributed by atoms with van der Waals surface area (Å²) in [4.78, 5) is 14.2. The summed E-state index contributed by atoms with van der Waals surface area (Å²) in [6.07, 6.45) is 0. The van der Waals surface area contributed by atoms with E-state index in [0.717, 1.165) is 6.54 Å². The van der Waals surface area contributed by atoms with Gasteiger partial charge in [0.2, 0.25) is 0 Å². The third-order valence-corrected chi connectivity index (χ3v) is 3.84. The van der Waals surface area contributed by atoms with Gasteiger partial charge in [-0.25, -0.2) is 4.39 Å². The van der Waals surface area contributed by atoms with Gasteiger partial charge in [0.05, 0.1) is 15.6 Å². The molecule has 0 unspecified atom stereocenters. The van der Waals surface area contributed by atoms with Crippen LogP contribution < -0.4 is 5.32 Å². The van der Waals surface area contributed by atoms with Gasteiger partial charge in [-0.05, 0) is 41.9 Å². The SMILES string of the molecule is CC1(C)CNCCN1C(=O)c1cccc(Br)c1F. The van der Waals surface area contributed by atoms with E-state index in [4.69, 9.17) is 0 Å². The molecule has 0 bridgehead atoms. The maximum absolute atomic E-state index is 13.9. The summed E-state index contributed by atoms with van der Waals surface area (Å²) in [6.45, 7) is 6.01. The topological polar surface area (TPSA) is 32.3 Å². The molecule has 1 saturated heterocycles. The lowest BCUT2D eigenvalue weighted by molar-refractivity contribution is 0.0472. The summed E-state index contributed by atoms with van der Waals surface area (Å²) in [7, 11) is 0. The van der Waals surface area contributed by atoms with Gasteiger partial charge in [-0.3, -0.25) is 4.79 Å². The molecule has 98 valence electrons. The molecule has 1 aliphatic rings. The second-order valence-corrected chi connectivity index (χ2v) is 5.90. The summed E-state index contributed by atoms with van der Waals surface area (Å²) in [5.41, 5.74) is -0.177. The number of carbonyl (C=O) groups excluding carboxylic acids is 1. The molecule has 1 aromatic carbocycles. The van der Waals surface area contributed by atoms with E-state index in [2.05, 4.69) is 21.2 Å². The van der Waals surface area contributed by atoms with Gasteiger partial charge in [-0.1, -0.05) is 6.07 Å². The van der Waals surface area contributed by atoms with Crippen LogP contribution in [0.5, 0.6) is 0 Å². The van der Waals surface area contributed by atoms with Crippen LogP contribution in [0.25, 0.3) is 0 Å². The highest BCUT2D eigenvalue weighted by Gasteiger charge is 2.34. The fourth-order valence-corrected chi connectivity index (χ4v) is 2.54. The molecule has 1 aliphatic heterocycles. The van der Waals surface area contributed by atoms with Crippen LogP contribution in [0, 0.1) is 5.82 Å². The Morgan fingerprint density at radius 3 is 2.89 bits per heavy atom. The molecule has 0 aliphatic carbocycles. The lowest BCUT2D eigenvalue weighted by atomic mass is 9.98. The standard InChI is InChI=1S/C13H16BrFN2O/c1-13(2)8-16-6-7-17(13)12(18)9-4-3-5-10(14)11(9)15/h3-5,16H,6-8H2,1-2H3. The number of nitrogens with one attached hydrogen (secondary N) is 1. The molecule has 2 rings (SSSR count). The zero-order valence-corrected chi connectivity index (χ0v) is 12.1. The Balaban J connectivity index is 2.33. The number of hydrogen-bond acceptors (Lipinski definition) is 2. The van der Waals surface area contributed by atoms with E-state index in [0.29, 0.717) is 17.6 Å². The summed E-state index contributed by atoms with van der Waals surface area (Å²) >= 11 is 3.11. The van der Waals surface area contributed by atoms with Gasteiger partial charge in [0.25, 0.3) is 5.91 Å². The van der Waals surface area contributed by atoms with Crippen molar-refractivity contribution in [3.8, 4) is 0 Å². The van der Waals surface area contributed by atoms with Crippen molar-refractivity contribution in [1.29, 1.82) is 0 Å². The van der Waals surface area contributed by atoms with Crippen LogP contribution in [0.1, 0.15) is 24.2 Å². The normalized spacial score (nSPS) is 18.8. The first-order chi connectivity index (χ1) is 8.43. The number of carbonyl (C=O) groups is 1. The van der Waals surface area contributed by atoms with Gasteiger partial charge in [-0.2, -0.15) is 0 Å². The van der Waals surface area contributed by atoms with E-state index in [1.165, 1.54) is 6.07 Å². The number of hydrogen-bond donors (Lipinski definition) is 1. The molecule has 0 atom stereocenters. The highest BCUT2D eigenvalue weighted by atomic mass is 79.9. The van der Waals surface area contributed by atoms with Gasteiger partial charge < -0.3 is 10.2 Å². The van der Waals surface area contributed by atoms with Crippen LogP contribution in [0.2, 0.25) is 0 Å². The number of amides is 1. The smallest absolute Gasteiger partial charge is 0.257 e.